The third kappa shape index (κ3) is 2.82. The van der Waals surface area contributed by atoms with Crippen LogP contribution in [0.3, 0.4) is 0 Å². The average Bonchev–Trinajstić information content (AvgIpc) is 3.02. The molecule has 3 heterocycles. The summed E-state index contributed by atoms with van der Waals surface area (Å²) in [5, 5.41) is 7.66. The summed E-state index contributed by atoms with van der Waals surface area (Å²) in [6.07, 6.45) is 2.67. The van der Waals surface area contributed by atoms with E-state index in [-0.39, 0.29) is 0 Å². The van der Waals surface area contributed by atoms with Crippen LogP contribution in [0.25, 0.3) is 10.6 Å². The summed E-state index contributed by atoms with van der Waals surface area (Å²) in [5.41, 5.74) is 2.50. The average molecular weight is 278 g/mol. The van der Waals surface area contributed by atoms with E-state index in [4.69, 9.17) is 4.98 Å². The third-order valence-corrected chi connectivity index (χ3v) is 5.21. The Bertz CT molecular complexity index is 482. The van der Waals surface area contributed by atoms with Gasteiger partial charge in [-0.3, -0.25) is 4.90 Å². The summed E-state index contributed by atoms with van der Waals surface area (Å²) in [6, 6.07) is 2.15. The highest BCUT2D eigenvalue weighted by atomic mass is 32.1. The van der Waals surface area contributed by atoms with Crippen LogP contribution in [-0.4, -0.2) is 23.0 Å². The number of aromatic nitrogens is 1. The van der Waals surface area contributed by atoms with E-state index in [9.17, 15) is 0 Å². The van der Waals surface area contributed by atoms with Crippen molar-refractivity contribution in [3.63, 3.8) is 0 Å². The fourth-order valence-electron chi connectivity index (χ4n) is 2.35. The van der Waals surface area contributed by atoms with E-state index in [1.165, 1.54) is 37.2 Å². The molecule has 0 unspecified atom stereocenters. The number of rotatable bonds is 3. The molecule has 2 aromatic rings. The Kier molecular flexibility index (Phi) is 3.77. The first-order valence-electron chi connectivity index (χ1n) is 6.50. The molecule has 18 heavy (non-hydrogen) atoms. The first-order chi connectivity index (χ1) is 8.81. The van der Waals surface area contributed by atoms with Crippen LogP contribution in [0.15, 0.2) is 22.2 Å². The Hall–Kier alpha value is -0.710. The number of hydrogen-bond donors (Lipinski definition) is 0. The molecule has 1 saturated heterocycles. The minimum Gasteiger partial charge on any atom is -0.297 e. The van der Waals surface area contributed by atoms with Crippen LogP contribution < -0.4 is 0 Å². The van der Waals surface area contributed by atoms with E-state index in [0.717, 1.165) is 17.5 Å². The Morgan fingerprint density at radius 1 is 1.33 bits per heavy atom. The molecule has 1 fully saturated rings. The van der Waals surface area contributed by atoms with E-state index < -0.39 is 0 Å². The molecule has 0 amide bonds. The molecule has 0 saturated carbocycles. The molecule has 0 radical (unpaired) electrons. The van der Waals surface area contributed by atoms with E-state index >= 15 is 0 Å². The van der Waals surface area contributed by atoms with Gasteiger partial charge in [-0.05, 0) is 43.3 Å². The second-order valence-corrected chi connectivity index (χ2v) is 6.75. The maximum Gasteiger partial charge on any atom is 0.124 e. The fraction of sp³-hybridized carbons (Fsp3) is 0.500. The zero-order chi connectivity index (χ0) is 12.4. The molecule has 2 aromatic heterocycles. The van der Waals surface area contributed by atoms with Gasteiger partial charge in [0.25, 0.3) is 0 Å². The number of nitrogens with zero attached hydrogens (tertiary/aromatic N) is 2. The molecule has 0 N–H and O–H groups in total. The van der Waals surface area contributed by atoms with Crippen LogP contribution in [0.5, 0.6) is 0 Å². The normalized spacial score (nSPS) is 18.3. The Morgan fingerprint density at radius 2 is 2.17 bits per heavy atom. The summed E-state index contributed by atoms with van der Waals surface area (Å²) in [4.78, 5) is 7.28. The van der Waals surface area contributed by atoms with Crippen molar-refractivity contribution < 1.29 is 0 Å². The lowest BCUT2D eigenvalue weighted by Crippen LogP contribution is -2.32. The van der Waals surface area contributed by atoms with Gasteiger partial charge >= 0.3 is 0 Å². The molecular weight excluding hydrogens is 260 g/mol. The van der Waals surface area contributed by atoms with Crippen molar-refractivity contribution in [2.24, 2.45) is 5.92 Å². The van der Waals surface area contributed by atoms with Gasteiger partial charge in [-0.2, -0.15) is 11.3 Å². The third-order valence-electron chi connectivity index (χ3n) is 3.58. The quantitative estimate of drug-likeness (QED) is 0.840. The van der Waals surface area contributed by atoms with E-state index in [1.54, 1.807) is 22.7 Å². The van der Waals surface area contributed by atoms with Crippen molar-refractivity contribution in [1.82, 2.24) is 9.88 Å². The molecule has 3 rings (SSSR count). The van der Waals surface area contributed by atoms with Gasteiger partial charge in [0.15, 0.2) is 0 Å². The summed E-state index contributed by atoms with van der Waals surface area (Å²) in [7, 11) is 0. The number of hydrogen-bond acceptors (Lipinski definition) is 4. The van der Waals surface area contributed by atoms with Crippen molar-refractivity contribution in [2.45, 2.75) is 26.3 Å². The van der Waals surface area contributed by atoms with Crippen molar-refractivity contribution >= 4 is 22.7 Å². The van der Waals surface area contributed by atoms with Crippen LogP contribution in [0.1, 0.15) is 25.5 Å². The van der Waals surface area contributed by atoms with E-state index in [2.05, 4.69) is 34.0 Å². The first kappa shape index (κ1) is 12.3. The van der Waals surface area contributed by atoms with Crippen molar-refractivity contribution in [3.8, 4) is 10.6 Å². The highest BCUT2D eigenvalue weighted by molar-refractivity contribution is 7.14. The molecule has 0 aliphatic carbocycles. The van der Waals surface area contributed by atoms with Gasteiger partial charge in [0, 0.05) is 22.9 Å². The smallest absolute Gasteiger partial charge is 0.124 e. The van der Waals surface area contributed by atoms with Gasteiger partial charge in [0.05, 0.1) is 5.69 Å². The monoisotopic (exact) mass is 278 g/mol. The standard InChI is InChI=1S/C14H18N2S2/c1-11-2-5-16(6-3-11)8-13-10-18-14(15-13)12-4-7-17-9-12/h4,7,9-11H,2-3,5-6,8H2,1H3. The number of piperidine rings is 1. The predicted octanol–water partition coefficient (Wildman–Crippen LogP) is 4.10. The lowest BCUT2D eigenvalue weighted by Gasteiger charge is -2.29. The van der Waals surface area contributed by atoms with Gasteiger partial charge in [0.1, 0.15) is 5.01 Å². The Morgan fingerprint density at radius 3 is 2.89 bits per heavy atom. The maximum absolute atomic E-state index is 4.75. The van der Waals surface area contributed by atoms with Crippen LogP contribution in [-0.2, 0) is 6.54 Å². The van der Waals surface area contributed by atoms with Gasteiger partial charge in [-0.15, -0.1) is 11.3 Å². The largest absolute Gasteiger partial charge is 0.297 e. The maximum atomic E-state index is 4.75. The molecule has 0 bridgehead atoms. The molecule has 1 aliphatic rings. The molecule has 0 atom stereocenters. The van der Waals surface area contributed by atoms with E-state index in [1.807, 2.05) is 0 Å². The number of thiazole rings is 1. The summed E-state index contributed by atoms with van der Waals surface area (Å²) >= 11 is 3.50. The second-order valence-electron chi connectivity index (χ2n) is 5.11. The predicted molar refractivity (Wildman–Crippen MR) is 79.1 cm³/mol. The van der Waals surface area contributed by atoms with Gasteiger partial charge < -0.3 is 0 Å². The lowest BCUT2D eigenvalue weighted by atomic mass is 9.99. The van der Waals surface area contributed by atoms with Gasteiger partial charge in [-0.25, -0.2) is 4.98 Å². The Labute approximate surface area is 116 Å². The topological polar surface area (TPSA) is 16.1 Å². The molecular formula is C14H18N2S2. The molecule has 0 spiro atoms. The number of thiophene rings is 1. The highest BCUT2D eigenvalue weighted by Crippen LogP contribution is 2.26. The van der Waals surface area contributed by atoms with Crippen LogP contribution in [0.4, 0.5) is 0 Å². The fourth-order valence-corrected chi connectivity index (χ4v) is 3.87. The van der Waals surface area contributed by atoms with Crippen LogP contribution in [0, 0.1) is 5.92 Å². The van der Waals surface area contributed by atoms with Crippen molar-refractivity contribution in [3.05, 3.63) is 27.9 Å². The summed E-state index contributed by atoms with van der Waals surface area (Å²) in [5.74, 6) is 0.901. The lowest BCUT2D eigenvalue weighted by molar-refractivity contribution is 0.184. The Balaban J connectivity index is 1.64. The van der Waals surface area contributed by atoms with Crippen molar-refractivity contribution in [2.75, 3.05) is 13.1 Å². The van der Waals surface area contributed by atoms with Crippen LogP contribution >= 0.6 is 22.7 Å². The molecule has 96 valence electrons. The molecule has 2 nitrogen and oxygen atoms in total. The first-order valence-corrected chi connectivity index (χ1v) is 8.33. The molecule has 4 heteroatoms. The summed E-state index contributed by atoms with van der Waals surface area (Å²) in [6.45, 7) is 5.83. The van der Waals surface area contributed by atoms with E-state index in [0.29, 0.717) is 0 Å². The van der Waals surface area contributed by atoms with Crippen LogP contribution in [0.2, 0.25) is 0 Å². The second kappa shape index (κ2) is 5.51. The number of likely N-dealkylation sites (tertiary alicyclic amines) is 1. The molecule has 0 aromatic carbocycles. The van der Waals surface area contributed by atoms with Crippen molar-refractivity contribution in [1.29, 1.82) is 0 Å². The highest BCUT2D eigenvalue weighted by Gasteiger charge is 2.16. The zero-order valence-electron chi connectivity index (χ0n) is 10.6. The van der Waals surface area contributed by atoms with Gasteiger partial charge in [0.2, 0.25) is 0 Å². The summed E-state index contributed by atoms with van der Waals surface area (Å²) < 4.78 is 0. The minimum atomic E-state index is 0.901. The molecule has 1 aliphatic heterocycles. The zero-order valence-corrected chi connectivity index (χ0v) is 12.3. The SMILES string of the molecule is CC1CCN(Cc2csc(-c3ccsc3)n2)CC1. The minimum absolute atomic E-state index is 0.901. The van der Waals surface area contributed by atoms with Gasteiger partial charge in [-0.1, -0.05) is 6.92 Å².